The summed E-state index contributed by atoms with van der Waals surface area (Å²) in [5.74, 6) is -0.297. The number of carboxylic acids is 1. The summed E-state index contributed by atoms with van der Waals surface area (Å²) >= 11 is 5.02. The Labute approximate surface area is 157 Å². The topological polar surface area (TPSA) is 114 Å². The maximum absolute atomic E-state index is 11.1. The molecule has 0 saturated carbocycles. The number of thiocarbonyl (C=S) groups is 1. The van der Waals surface area contributed by atoms with Crippen LogP contribution in [-0.2, 0) is 4.79 Å². The number of aliphatic carboxylic acids is 1. The first-order valence-corrected chi connectivity index (χ1v) is 8.66. The monoisotopic (exact) mass is 381 g/mol. The van der Waals surface area contributed by atoms with Crippen LogP contribution in [0.5, 0.6) is 5.75 Å². The zero-order valence-electron chi connectivity index (χ0n) is 14.6. The SMILES string of the molecule is CCCOc1ccc([N+](=O)[O-])c(/C=C/CCNC(=S)NCCC(=O)O)c1. The number of nitrogens with one attached hydrogen (secondary N) is 2. The third kappa shape index (κ3) is 8.43. The van der Waals surface area contributed by atoms with Gasteiger partial charge in [0.2, 0.25) is 0 Å². The minimum atomic E-state index is -0.894. The molecule has 0 aliphatic heterocycles. The number of ether oxygens (including phenoxy) is 1. The lowest BCUT2D eigenvalue weighted by Crippen LogP contribution is -2.36. The molecule has 0 atom stereocenters. The van der Waals surface area contributed by atoms with Crippen LogP contribution in [0.2, 0.25) is 0 Å². The molecule has 1 rings (SSSR count). The number of hydrogen-bond donors (Lipinski definition) is 3. The van der Waals surface area contributed by atoms with Crippen LogP contribution in [0.15, 0.2) is 24.3 Å². The molecule has 26 heavy (non-hydrogen) atoms. The van der Waals surface area contributed by atoms with Gasteiger partial charge in [-0.05, 0) is 37.2 Å². The van der Waals surface area contributed by atoms with Crippen molar-refractivity contribution in [2.45, 2.75) is 26.2 Å². The van der Waals surface area contributed by atoms with Crippen LogP contribution < -0.4 is 15.4 Å². The summed E-state index contributed by atoms with van der Waals surface area (Å²) in [6, 6.07) is 4.67. The van der Waals surface area contributed by atoms with Crippen LogP contribution in [0.1, 0.15) is 31.7 Å². The largest absolute Gasteiger partial charge is 0.494 e. The Morgan fingerprint density at radius 3 is 2.77 bits per heavy atom. The van der Waals surface area contributed by atoms with Crippen LogP contribution in [-0.4, -0.2) is 40.8 Å². The van der Waals surface area contributed by atoms with Gasteiger partial charge in [-0.1, -0.05) is 19.1 Å². The molecule has 3 N–H and O–H groups in total. The quantitative estimate of drug-likeness (QED) is 0.232. The Hall–Kier alpha value is -2.68. The highest BCUT2D eigenvalue weighted by Gasteiger charge is 2.12. The van der Waals surface area contributed by atoms with Crippen molar-refractivity contribution in [2.75, 3.05) is 19.7 Å². The van der Waals surface area contributed by atoms with Crippen LogP contribution in [0, 0.1) is 10.1 Å². The average molecular weight is 381 g/mol. The fourth-order valence-corrected chi connectivity index (χ4v) is 2.17. The molecule has 0 aliphatic rings. The minimum Gasteiger partial charge on any atom is -0.494 e. The van der Waals surface area contributed by atoms with E-state index in [1.807, 2.05) is 6.92 Å². The van der Waals surface area contributed by atoms with Crippen molar-refractivity contribution in [2.24, 2.45) is 0 Å². The first-order valence-electron chi connectivity index (χ1n) is 8.25. The molecule has 0 saturated heterocycles. The second-order valence-corrected chi connectivity index (χ2v) is 5.75. The standard InChI is InChI=1S/C17H23N3O5S/c1-2-11-25-14-6-7-15(20(23)24)13(12-14)5-3-4-9-18-17(26)19-10-8-16(21)22/h3,5-7,12H,2,4,8-11H2,1H3,(H,21,22)(H2,18,19,26)/b5-3+. The molecular weight excluding hydrogens is 358 g/mol. The fourth-order valence-electron chi connectivity index (χ4n) is 1.97. The Balaban J connectivity index is 2.51. The molecule has 0 aliphatic carbocycles. The van der Waals surface area contributed by atoms with Crippen molar-refractivity contribution in [3.8, 4) is 5.75 Å². The van der Waals surface area contributed by atoms with Crippen molar-refractivity contribution in [1.29, 1.82) is 0 Å². The maximum atomic E-state index is 11.1. The van der Waals surface area contributed by atoms with Crippen LogP contribution >= 0.6 is 12.2 Å². The third-order valence-electron chi connectivity index (χ3n) is 3.19. The summed E-state index contributed by atoms with van der Waals surface area (Å²) in [5, 5.41) is 25.8. The van der Waals surface area contributed by atoms with E-state index in [0.29, 0.717) is 36.0 Å². The van der Waals surface area contributed by atoms with E-state index in [-0.39, 0.29) is 18.7 Å². The number of nitro benzene ring substituents is 1. The number of carboxylic acid groups (broad SMARTS) is 1. The van der Waals surface area contributed by atoms with Gasteiger partial charge in [0.15, 0.2) is 5.11 Å². The van der Waals surface area contributed by atoms with E-state index in [1.165, 1.54) is 6.07 Å². The summed E-state index contributed by atoms with van der Waals surface area (Å²) in [5.41, 5.74) is 0.495. The molecule has 8 nitrogen and oxygen atoms in total. The highest BCUT2D eigenvalue weighted by molar-refractivity contribution is 7.80. The highest BCUT2D eigenvalue weighted by Crippen LogP contribution is 2.25. The Morgan fingerprint density at radius 2 is 2.12 bits per heavy atom. The molecule has 0 fully saturated rings. The van der Waals surface area contributed by atoms with E-state index >= 15 is 0 Å². The van der Waals surface area contributed by atoms with Gasteiger partial charge in [0.05, 0.1) is 23.5 Å². The van der Waals surface area contributed by atoms with E-state index in [4.69, 9.17) is 22.1 Å². The highest BCUT2D eigenvalue weighted by atomic mass is 32.1. The summed E-state index contributed by atoms with van der Waals surface area (Å²) in [6.45, 7) is 3.32. The van der Waals surface area contributed by atoms with Gasteiger partial charge < -0.3 is 20.5 Å². The molecule has 0 radical (unpaired) electrons. The fraction of sp³-hybridized carbons (Fsp3) is 0.412. The number of rotatable bonds is 11. The molecule has 0 aromatic heterocycles. The van der Waals surface area contributed by atoms with Crippen LogP contribution in [0.25, 0.3) is 6.08 Å². The molecule has 0 amide bonds. The summed E-state index contributed by atoms with van der Waals surface area (Å²) in [4.78, 5) is 21.1. The van der Waals surface area contributed by atoms with Gasteiger partial charge >= 0.3 is 5.97 Å². The predicted molar refractivity (Wildman–Crippen MR) is 103 cm³/mol. The van der Waals surface area contributed by atoms with Crippen LogP contribution in [0.4, 0.5) is 5.69 Å². The van der Waals surface area contributed by atoms with Gasteiger partial charge in [0.25, 0.3) is 5.69 Å². The number of nitro groups is 1. The predicted octanol–water partition coefficient (Wildman–Crippen LogP) is 2.73. The molecule has 1 aromatic carbocycles. The maximum Gasteiger partial charge on any atom is 0.305 e. The first kappa shape index (κ1) is 21.4. The van der Waals surface area contributed by atoms with Crippen molar-refractivity contribution >= 4 is 35.1 Å². The Kier molecular flexibility index (Phi) is 9.70. The zero-order chi connectivity index (χ0) is 19.4. The molecule has 1 aromatic rings. The van der Waals surface area contributed by atoms with Crippen LogP contribution in [0.3, 0.4) is 0 Å². The zero-order valence-corrected chi connectivity index (χ0v) is 15.4. The van der Waals surface area contributed by atoms with E-state index in [2.05, 4.69) is 10.6 Å². The molecule has 0 bridgehead atoms. The molecule has 142 valence electrons. The molecule has 0 unspecified atom stereocenters. The van der Waals surface area contributed by atoms with E-state index < -0.39 is 10.9 Å². The summed E-state index contributed by atoms with van der Waals surface area (Å²) in [7, 11) is 0. The number of nitrogens with zero attached hydrogens (tertiary/aromatic N) is 1. The Morgan fingerprint density at radius 1 is 1.38 bits per heavy atom. The lowest BCUT2D eigenvalue weighted by atomic mass is 10.1. The van der Waals surface area contributed by atoms with Crippen molar-refractivity contribution in [3.63, 3.8) is 0 Å². The smallest absolute Gasteiger partial charge is 0.305 e. The van der Waals surface area contributed by atoms with E-state index in [1.54, 1.807) is 24.3 Å². The van der Waals surface area contributed by atoms with Gasteiger partial charge in [0, 0.05) is 19.2 Å². The van der Waals surface area contributed by atoms with Crippen molar-refractivity contribution in [3.05, 3.63) is 40.0 Å². The van der Waals surface area contributed by atoms with Gasteiger partial charge in [-0.25, -0.2) is 0 Å². The third-order valence-corrected chi connectivity index (χ3v) is 3.48. The number of carbonyl (C=O) groups is 1. The normalized spacial score (nSPS) is 10.5. The first-order chi connectivity index (χ1) is 12.4. The molecule has 9 heteroatoms. The van der Waals surface area contributed by atoms with Gasteiger partial charge in [-0.3, -0.25) is 14.9 Å². The van der Waals surface area contributed by atoms with Gasteiger partial charge in [0.1, 0.15) is 5.75 Å². The molecular formula is C17H23N3O5S. The second kappa shape index (κ2) is 11.8. The minimum absolute atomic E-state index is 0.0121. The summed E-state index contributed by atoms with van der Waals surface area (Å²) in [6.07, 6.45) is 4.92. The van der Waals surface area contributed by atoms with E-state index in [0.717, 1.165) is 6.42 Å². The summed E-state index contributed by atoms with van der Waals surface area (Å²) < 4.78 is 5.51. The Bertz CT molecular complexity index is 664. The number of benzene rings is 1. The lowest BCUT2D eigenvalue weighted by Gasteiger charge is -2.08. The molecule has 0 heterocycles. The van der Waals surface area contributed by atoms with Crippen molar-refractivity contribution < 1.29 is 19.6 Å². The van der Waals surface area contributed by atoms with Gasteiger partial charge in [-0.15, -0.1) is 0 Å². The second-order valence-electron chi connectivity index (χ2n) is 5.34. The van der Waals surface area contributed by atoms with Gasteiger partial charge in [-0.2, -0.15) is 0 Å². The average Bonchev–Trinajstić information content (AvgIpc) is 2.59. The van der Waals surface area contributed by atoms with Crippen molar-refractivity contribution in [1.82, 2.24) is 10.6 Å². The molecule has 0 spiro atoms. The lowest BCUT2D eigenvalue weighted by molar-refractivity contribution is -0.385. The van der Waals surface area contributed by atoms with E-state index in [9.17, 15) is 14.9 Å². The number of hydrogen-bond acceptors (Lipinski definition) is 5.